The number of hydrogen-bond donors (Lipinski definition) is 2. The Hall–Kier alpha value is -3.01. The number of hydrogen-bond acceptors (Lipinski definition) is 6. The van der Waals surface area contributed by atoms with Crippen molar-refractivity contribution in [2.24, 2.45) is 5.73 Å². The fourth-order valence-electron chi connectivity index (χ4n) is 3.44. The van der Waals surface area contributed by atoms with Crippen LogP contribution in [0.2, 0.25) is 0 Å². The number of halogens is 2. The minimum Gasteiger partial charge on any atom is -0.369 e. The van der Waals surface area contributed by atoms with Crippen LogP contribution >= 0.6 is 12.4 Å². The SMILES string of the molecule is Cl.NC/C(=C\F)Cn1ncn(-c2cccc(-c3cccc(N4CCNCC4)c3)n2)c1=O. The molecule has 31 heavy (non-hydrogen) atoms. The molecule has 4 rings (SSSR count). The average Bonchev–Trinajstić information content (AvgIpc) is 3.18. The third kappa shape index (κ3) is 5.01. The standard InChI is InChI=1S/C21H24FN7O.ClH/c22-12-16(13-23)14-29-21(30)28(15-25-29)20-6-2-5-19(26-20)17-3-1-4-18(11-17)27-9-7-24-8-10-27;/h1-6,11-12,15,24H,7-10,13-14,23H2;1H/b16-12+;. The zero-order valence-corrected chi connectivity index (χ0v) is 17.8. The summed E-state index contributed by atoms with van der Waals surface area (Å²) in [5, 5.41) is 7.41. The van der Waals surface area contributed by atoms with Crippen molar-refractivity contribution in [2.75, 3.05) is 37.6 Å². The molecular formula is C21H25ClFN7O. The summed E-state index contributed by atoms with van der Waals surface area (Å²) in [4.78, 5) is 19.7. The van der Waals surface area contributed by atoms with Crippen molar-refractivity contribution in [3.63, 3.8) is 0 Å². The molecule has 1 fully saturated rings. The summed E-state index contributed by atoms with van der Waals surface area (Å²) in [5.41, 5.74) is 8.24. The van der Waals surface area contributed by atoms with Crippen LogP contribution in [0.3, 0.4) is 0 Å². The highest BCUT2D eigenvalue weighted by atomic mass is 35.5. The minimum atomic E-state index is -0.401. The molecule has 0 atom stereocenters. The Morgan fingerprint density at radius 2 is 1.97 bits per heavy atom. The summed E-state index contributed by atoms with van der Waals surface area (Å²) in [5.74, 6) is 0.454. The molecule has 3 aromatic rings. The van der Waals surface area contributed by atoms with Gasteiger partial charge in [0.2, 0.25) is 0 Å². The number of aromatic nitrogens is 4. The maximum Gasteiger partial charge on any atom is 0.351 e. The lowest BCUT2D eigenvalue weighted by Crippen LogP contribution is -2.43. The Morgan fingerprint density at radius 1 is 1.19 bits per heavy atom. The van der Waals surface area contributed by atoms with Crippen LogP contribution in [0, 0.1) is 0 Å². The summed E-state index contributed by atoms with van der Waals surface area (Å²) in [6, 6.07) is 13.7. The zero-order valence-electron chi connectivity index (χ0n) is 16.9. The Balaban J connectivity index is 0.00000272. The first-order valence-electron chi connectivity index (χ1n) is 9.86. The zero-order chi connectivity index (χ0) is 20.9. The minimum absolute atomic E-state index is 0. The van der Waals surface area contributed by atoms with E-state index < -0.39 is 5.69 Å². The topological polar surface area (TPSA) is 94.0 Å². The number of piperazine rings is 1. The molecule has 0 radical (unpaired) electrons. The van der Waals surface area contributed by atoms with Gasteiger partial charge in [0, 0.05) is 44.0 Å². The predicted octanol–water partition coefficient (Wildman–Crippen LogP) is 1.74. The first-order chi connectivity index (χ1) is 14.7. The van der Waals surface area contributed by atoms with Crippen molar-refractivity contribution in [3.05, 3.63) is 71.2 Å². The second-order valence-corrected chi connectivity index (χ2v) is 7.08. The van der Waals surface area contributed by atoms with E-state index in [9.17, 15) is 9.18 Å². The van der Waals surface area contributed by atoms with Crippen molar-refractivity contribution < 1.29 is 4.39 Å². The van der Waals surface area contributed by atoms with Crippen molar-refractivity contribution in [2.45, 2.75) is 6.54 Å². The lowest BCUT2D eigenvalue weighted by Gasteiger charge is -2.29. The number of benzene rings is 1. The third-order valence-corrected chi connectivity index (χ3v) is 5.11. The highest BCUT2D eigenvalue weighted by molar-refractivity contribution is 5.85. The number of nitrogens with zero attached hydrogens (tertiary/aromatic N) is 5. The van der Waals surface area contributed by atoms with Crippen LogP contribution in [0.5, 0.6) is 0 Å². The number of pyridine rings is 1. The van der Waals surface area contributed by atoms with Crippen LogP contribution in [0.1, 0.15) is 0 Å². The van der Waals surface area contributed by atoms with E-state index in [1.807, 2.05) is 24.3 Å². The summed E-state index contributed by atoms with van der Waals surface area (Å²) in [7, 11) is 0. The van der Waals surface area contributed by atoms with Crippen LogP contribution in [-0.4, -0.2) is 52.1 Å². The Morgan fingerprint density at radius 3 is 2.71 bits per heavy atom. The number of nitrogens with two attached hydrogens (primary N) is 1. The van der Waals surface area contributed by atoms with Gasteiger partial charge in [-0.05, 0) is 29.8 Å². The molecule has 1 saturated heterocycles. The normalized spacial score (nSPS) is 14.4. The molecule has 0 spiro atoms. The van der Waals surface area contributed by atoms with Crippen LogP contribution in [0.15, 0.2) is 65.5 Å². The van der Waals surface area contributed by atoms with E-state index in [0.29, 0.717) is 12.1 Å². The molecular weight excluding hydrogens is 421 g/mol. The molecule has 1 aromatic carbocycles. The summed E-state index contributed by atoms with van der Waals surface area (Å²) in [6.45, 7) is 3.88. The quantitative estimate of drug-likeness (QED) is 0.600. The van der Waals surface area contributed by atoms with Gasteiger partial charge in [-0.25, -0.2) is 23.4 Å². The van der Waals surface area contributed by atoms with E-state index in [4.69, 9.17) is 5.73 Å². The van der Waals surface area contributed by atoms with E-state index >= 15 is 0 Å². The molecule has 3 heterocycles. The summed E-state index contributed by atoms with van der Waals surface area (Å²) >= 11 is 0. The second-order valence-electron chi connectivity index (χ2n) is 7.08. The van der Waals surface area contributed by atoms with Crippen molar-refractivity contribution in [3.8, 4) is 17.1 Å². The van der Waals surface area contributed by atoms with E-state index in [1.165, 1.54) is 10.9 Å². The lowest BCUT2D eigenvalue weighted by molar-refractivity contribution is 0.589. The Kier molecular flexibility index (Phi) is 7.56. The van der Waals surface area contributed by atoms with Gasteiger partial charge in [0.25, 0.3) is 0 Å². The number of nitrogens with one attached hydrogen (secondary N) is 1. The molecule has 0 saturated carbocycles. The first-order valence-corrected chi connectivity index (χ1v) is 9.86. The van der Waals surface area contributed by atoms with E-state index in [0.717, 1.165) is 47.8 Å². The molecule has 1 aliphatic heterocycles. The number of rotatable bonds is 6. The molecule has 3 N–H and O–H groups in total. The molecule has 164 valence electrons. The lowest BCUT2D eigenvalue weighted by atomic mass is 10.1. The molecule has 8 nitrogen and oxygen atoms in total. The van der Waals surface area contributed by atoms with Gasteiger partial charge >= 0.3 is 5.69 Å². The highest BCUT2D eigenvalue weighted by Crippen LogP contribution is 2.24. The highest BCUT2D eigenvalue weighted by Gasteiger charge is 2.13. The first kappa shape index (κ1) is 22.7. The average molecular weight is 446 g/mol. The molecule has 0 amide bonds. The summed E-state index contributed by atoms with van der Waals surface area (Å²) < 4.78 is 15.3. The largest absolute Gasteiger partial charge is 0.369 e. The maximum atomic E-state index is 12.8. The van der Waals surface area contributed by atoms with Crippen LogP contribution < -0.4 is 21.6 Å². The van der Waals surface area contributed by atoms with Gasteiger partial charge in [-0.1, -0.05) is 18.2 Å². The maximum absolute atomic E-state index is 12.8. The van der Waals surface area contributed by atoms with E-state index in [1.54, 1.807) is 6.07 Å². The Bertz CT molecular complexity index is 1100. The molecule has 2 aromatic heterocycles. The molecule has 1 aliphatic rings. The smallest absolute Gasteiger partial charge is 0.351 e. The molecule has 0 unspecified atom stereocenters. The monoisotopic (exact) mass is 445 g/mol. The predicted molar refractivity (Wildman–Crippen MR) is 122 cm³/mol. The van der Waals surface area contributed by atoms with Gasteiger partial charge in [0.05, 0.1) is 18.6 Å². The van der Waals surface area contributed by atoms with E-state index in [2.05, 4.69) is 32.4 Å². The van der Waals surface area contributed by atoms with E-state index in [-0.39, 0.29) is 31.1 Å². The van der Waals surface area contributed by atoms with Crippen LogP contribution in [0.4, 0.5) is 10.1 Å². The fourth-order valence-corrected chi connectivity index (χ4v) is 3.44. The van der Waals surface area contributed by atoms with Crippen molar-refractivity contribution >= 4 is 18.1 Å². The van der Waals surface area contributed by atoms with Crippen molar-refractivity contribution in [1.82, 2.24) is 24.6 Å². The van der Waals surface area contributed by atoms with Crippen LogP contribution in [-0.2, 0) is 6.54 Å². The summed E-state index contributed by atoms with van der Waals surface area (Å²) in [6.07, 6.45) is 1.80. The van der Waals surface area contributed by atoms with Gasteiger partial charge in [-0.3, -0.25) is 0 Å². The second kappa shape index (κ2) is 10.3. The molecule has 0 aliphatic carbocycles. The molecule has 10 heteroatoms. The van der Waals surface area contributed by atoms with Gasteiger partial charge < -0.3 is 16.0 Å². The van der Waals surface area contributed by atoms with Crippen LogP contribution in [0.25, 0.3) is 17.1 Å². The molecule has 0 bridgehead atoms. The van der Waals surface area contributed by atoms with Gasteiger partial charge in [0.1, 0.15) is 12.1 Å². The van der Waals surface area contributed by atoms with Crippen molar-refractivity contribution in [1.29, 1.82) is 0 Å². The Labute approximate surface area is 185 Å². The fraction of sp³-hybridized carbons (Fsp3) is 0.286. The third-order valence-electron chi connectivity index (χ3n) is 5.11. The van der Waals surface area contributed by atoms with Gasteiger partial charge in [-0.2, -0.15) is 5.10 Å². The van der Waals surface area contributed by atoms with Gasteiger partial charge in [-0.15, -0.1) is 12.4 Å². The number of anilines is 1. The van der Waals surface area contributed by atoms with Gasteiger partial charge in [0.15, 0.2) is 0 Å².